The van der Waals surface area contributed by atoms with Crippen LogP contribution in [0.4, 0.5) is 5.69 Å². The highest BCUT2D eigenvalue weighted by molar-refractivity contribution is 7.07. The highest BCUT2D eigenvalue weighted by atomic mass is 32.1. The van der Waals surface area contributed by atoms with Crippen LogP contribution in [0.5, 0.6) is 23.0 Å². The number of fused-ring (bicyclic) bond motifs is 1. The predicted molar refractivity (Wildman–Crippen MR) is 175 cm³/mol. The third-order valence-corrected chi connectivity index (χ3v) is 8.34. The zero-order valence-corrected chi connectivity index (χ0v) is 27.3. The van der Waals surface area contributed by atoms with Crippen LogP contribution in [-0.2, 0) is 16.1 Å². The van der Waals surface area contributed by atoms with Gasteiger partial charge in [-0.1, -0.05) is 17.4 Å². The fraction of sp³-hybridized carbons (Fsp3) is 0.265. The van der Waals surface area contributed by atoms with Gasteiger partial charge in [0.2, 0.25) is 0 Å². The molecule has 5 rings (SSSR count). The van der Waals surface area contributed by atoms with Crippen LogP contribution in [0.1, 0.15) is 43.5 Å². The molecule has 1 aromatic heterocycles. The largest absolute Gasteiger partial charge is 0.497 e. The van der Waals surface area contributed by atoms with Crippen molar-refractivity contribution in [3.05, 3.63) is 118 Å². The number of nitro groups is 1. The van der Waals surface area contributed by atoms with E-state index in [9.17, 15) is 19.7 Å². The van der Waals surface area contributed by atoms with Crippen LogP contribution in [0.3, 0.4) is 0 Å². The Labute approximate surface area is 273 Å². The predicted octanol–water partition coefficient (Wildman–Crippen LogP) is 4.70. The molecular formula is C34H33N3O9S. The number of rotatable bonds is 12. The molecule has 0 saturated carbocycles. The number of esters is 1. The van der Waals surface area contributed by atoms with Crippen molar-refractivity contribution in [3.63, 3.8) is 0 Å². The van der Waals surface area contributed by atoms with Crippen LogP contribution >= 0.6 is 11.3 Å². The van der Waals surface area contributed by atoms with Gasteiger partial charge in [-0.3, -0.25) is 19.5 Å². The Morgan fingerprint density at radius 2 is 1.72 bits per heavy atom. The van der Waals surface area contributed by atoms with E-state index in [0.29, 0.717) is 55.8 Å². The number of hydrogen-bond donors (Lipinski definition) is 0. The molecule has 0 N–H and O–H groups in total. The summed E-state index contributed by atoms with van der Waals surface area (Å²) in [7, 11) is 3.05. The van der Waals surface area contributed by atoms with Crippen LogP contribution in [-0.4, -0.2) is 42.9 Å². The maximum absolute atomic E-state index is 14.1. The molecule has 0 radical (unpaired) electrons. The summed E-state index contributed by atoms with van der Waals surface area (Å²) in [6.07, 6.45) is 1.73. The summed E-state index contributed by atoms with van der Waals surface area (Å²) in [5.74, 6) is 1.36. The van der Waals surface area contributed by atoms with Gasteiger partial charge in [-0.15, -0.1) is 0 Å². The normalized spacial score (nSPS) is 14.2. The number of benzene rings is 3. The van der Waals surface area contributed by atoms with Crippen molar-refractivity contribution in [1.82, 2.24) is 4.57 Å². The molecule has 1 aliphatic rings. The number of hydrogen-bond acceptors (Lipinski definition) is 11. The Morgan fingerprint density at radius 3 is 2.38 bits per heavy atom. The zero-order valence-electron chi connectivity index (χ0n) is 26.5. The molecule has 0 bridgehead atoms. The van der Waals surface area contributed by atoms with E-state index in [4.69, 9.17) is 23.7 Å². The highest BCUT2D eigenvalue weighted by Crippen LogP contribution is 2.38. The van der Waals surface area contributed by atoms with Gasteiger partial charge in [-0.05, 0) is 80.4 Å². The minimum absolute atomic E-state index is 0.000353. The van der Waals surface area contributed by atoms with E-state index >= 15 is 0 Å². The lowest BCUT2D eigenvalue weighted by molar-refractivity contribution is -0.384. The van der Waals surface area contributed by atoms with Crippen molar-refractivity contribution in [2.45, 2.75) is 33.4 Å². The van der Waals surface area contributed by atoms with Crippen molar-refractivity contribution < 1.29 is 33.4 Å². The van der Waals surface area contributed by atoms with Crippen LogP contribution in [0.2, 0.25) is 0 Å². The molecule has 47 heavy (non-hydrogen) atoms. The van der Waals surface area contributed by atoms with Gasteiger partial charge in [0.25, 0.3) is 11.2 Å². The first-order valence-corrected chi connectivity index (χ1v) is 15.5. The molecule has 13 heteroatoms. The molecule has 0 aliphatic carbocycles. The summed E-state index contributed by atoms with van der Waals surface area (Å²) in [6, 6.07) is 15.7. The van der Waals surface area contributed by atoms with Gasteiger partial charge in [-0.25, -0.2) is 9.79 Å². The number of non-ortho nitro benzene ring substituents is 1. The molecule has 2 heterocycles. The first kappa shape index (κ1) is 32.9. The van der Waals surface area contributed by atoms with Crippen LogP contribution in [0.25, 0.3) is 6.08 Å². The van der Waals surface area contributed by atoms with E-state index in [1.54, 1.807) is 68.5 Å². The second-order valence-corrected chi connectivity index (χ2v) is 11.3. The molecule has 0 saturated heterocycles. The van der Waals surface area contributed by atoms with Crippen LogP contribution in [0.15, 0.2) is 81.7 Å². The fourth-order valence-electron chi connectivity index (χ4n) is 5.17. The smallest absolute Gasteiger partial charge is 0.338 e. The number of methoxy groups -OCH3 is 2. The number of carbonyl (C=O) groups is 1. The quantitative estimate of drug-likeness (QED) is 0.120. The lowest BCUT2D eigenvalue weighted by atomic mass is 9.94. The fourth-order valence-corrected chi connectivity index (χ4v) is 6.21. The summed E-state index contributed by atoms with van der Waals surface area (Å²) in [5, 5.41) is 11.0. The van der Waals surface area contributed by atoms with E-state index in [0.717, 1.165) is 5.56 Å². The lowest BCUT2D eigenvalue weighted by Gasteiger charge is -2.26. The van der Waals surface area contributed by atoms with E-state index in [-0.39, 0.29) is 30.0 Å². The number of aromatic nitrogens is 1. The van der Waals surface area contributed by atoms with Crippen molar-refractivity contribution in [1.29, 1.82) is 0 Å². The molecule has 1 atom stereocenters. The minimum atomic E-state index is -0.883. The number of carbonyl (C=O) groups excluding carboxylic acids is 1. The molecule has 0 fully saturated rings. The van der Waals surface area contributed by atoms with Gasteiger partial charge in [0.1, 0.15) is 24.1 Å². The van der Waals surface area contributed by atoms with Gasteiger partial charge in [0, 0.05) is 17.7 Å². The molecule has 12 nitrogen and oxygen atoms in total. The lowest BCUT2D eigenvalue weighted by Crippen LogP contribution is -2.40. The van der Waals surface area contributed by atoms with Gasteiger partial charge >= 0.3 is 5.97 Å². The standard InChI is InChI=1S/C34H33N3O9S/c1-6-44-28-16-22(10-14-27(28)46-19-21-8-11-23(12-9-21)37(40)41)17-29-32(38)36-31(25-18-24(42-4)13-15-26(25)43-5)30(33(39)45-7-2)20(3)35-34(36)47-29/h8-18,31H,6-7,19H2,1-5H3/b29-17-/t31-/m1/s1. The summed E-state index contributed by atoms with van der Waals surface area (Å²) in [6.45, 7) is 5.97. The average molecular weight is 660 g/mol. The second kappa shape index (κ2) is 14.3. The summed E-state index contributed by atoms with van der Waals surface area (Å²) in [4.78, 5) is 43.0. The number of thiazole rings is 1. The molecule has 0 amide bonds. The van der Waals surface area contributed by atoms with E-state index in [1.165, 1.54) is 42.3 Å². The first-order chi connectivity index (χ1) is 22.7. The van der Waals surface area contributed by atoms with Gasteiger partial charge in [-0.2, -0.15) is 0 Å². The molecule has 244 valence electrons. The van der Waals surface area contributed by atoms with Crippen molar-refractivity contribution in [3.8, 4) is 23.0 Å². The van der Waals surface area contributed by atoms with Gasteiger partial charge in [0.05, 0.1) is 48.2 Å². The zero-order chi connectivity index (χ0) is 33.7. The van der Waals surface area contributed by atoms with Crippen LogP contribution < -0.4 is 33.8 Å². The molecule has 0 unspecified atom stereocenters. The number of nitrogens with zero attached hydrogens (tertiary/aromatic N) is 3. The van der Waals surface area contributed by atoms with Gasteiger partial charge in [0.15, 0.2) is 16.3 Å². The molecule has 1 aliphatic heterocycles. The Hall–Kier alpha value is -5.43. The summed E-state index contributed by atoms with van der Waals surface area (Å²) >= 11 is 1.19. The number of allylic oxidation sites excluding steroid dienone is 1. The third kappa shape index (κ3) is 6.89. The Balaban J connectivity index is 1.56. The van der Waals surface area contributed by atoms with Crippen molar-refractivity contribution in [2.24, 2.45) is 4.99 Å². The maximum atomic E-state index is 14.1. The molecule has 0 spiro atoms. The minimum Gasteiger partial charge on any atom is -0.497 e. The molecule has 3 aromatic carbocycles. The average Bonchev–Trinajstić information content (AvgIpc) is 3.37. The van der Waals surface area contributed by atoms with Crippen LogP contribution in [0, 0.1) is 10.1 Å². The first-order valence-electron chi connectivity index (χ1n) is 14.7. The Kier molecular flexibility index (Phi) is 10.0. The monoisotopic (exact) mass is 659 g/mol. The SMILES string of the molecule is CCOC(=O)C1=C(C)N=c2s/c(=C\c3ccc(OCc4ccc([N+](=O)[O-])cc4)c(OCC)c3)c(=O)n2[C@@H]1c1cc(OC)ccc1OC. The van der Waals surface area contributed by atoms with E-state index in [1.807, 2.05) is 6.92 Å². The summed E-state index contributed by atoms with van der Waals surface area (Å²) < 4.78 is 30.2. The number of nitro benzene ring substituents is 1. The Bertz CT molecular complexity index is 2030. The second-order valence-electron chi connectivity index (χ2n) is 10.3. The topological polar surface area (TPSA) is 141 Å². The number of ether oxygens (including phenoxy) is 5. The van der Waals surface area contributed by atoms with Crippen molar-refractivity contribution >= 4 is 29.1 Å². The maximum Gasteiger partial charge on any atom is 0.338 e. The van der Waals surface area contributed by atoms with Crippen molar-refractivity contribution in [2.75, 3.05) is 27.4 Å². The molecule has 4 aromatic rings. The van der Waals surface area contributed by atoms with E-state index in [2.05, 4.69) is 4.99 Å². The van der Waals surface area contributed by atoms with Gasteiger partial charge < -0.3 is 23.7 Å². The Morgan fingerprint density at radius 1 is 0.979 bits per heavy atom. The van der Waals surface area contributed by atoms with E-state index < -0.39 is 16.9 Å². The molecular weight excluding hydrogens is 626 g/mol. The highest BCUT2D eigenvalue weighted by Gasteiger charge is 2.35. The third-order valence-electron chi connectivity index (χ3n) is 7.36. The summed E-state index contributed by atoms with van der Waals surface area (Å²) in [5.41, 5.74) is 2.28.